The Kier molecular flexibility index (Phi) is 4.82. The van der Waals surface area contributed by atoms with E-state index in [0.717, 1.165) is 12.8 Å². The van der Waals surface area contributed by atoms with Crippen molar-refractivity contribution in [1.29, 1.82) is 0 Å². The Morgan fingerprint density at radius 3 is 2.47 bits per heavy atom. The molecule has 0 radical (unpaired) electrons. The Hall–Kier alpha value is -0.330. The summed E-state index contributed by atoms with van der Waals surface area (Å²) in [6.07, 6.45) is -3.42. The zero-order valence-electron chi connectivity index (χ0n) is 8.43. The van der Waals surface area contributed by atoms with Gasteiger partial charge in [-0.15, -0.1) is 0 Å². The van der Waals surface area contributed by atoms with E-state index in [4.69, 9.17) is 15.2 Å². The summed E-state index contributed by atoms with van der Waals surface area (Å²) in [5.74, 6) is 0. The van der Waals surface area contributed by atoms with E-state index in [1.807, 2.05) is 0 Å². The van der Waals surface area contributed by atoms with Crippen LogP contribution in [0.15, 0.2) is 0 Å². The largest absolute Gasteiger partial charge is 0.391 e. The maximum Gasteiger partial charge on any atom is 0.391 e. The predicted molar refractivity (Wildman–Crippen MR) is 48.4 cm³/mol. The molecule has 6 heteroatoms. The maximum atomic E-state index is 11.7. The van der Waals surface area contributed by atoms with Crippen LogP contribution in [0.3, 0.4) is 0 Å². The molecular weight excluding hydrogens is 211 g/mol. The minimum Gasteiger partial charge on any atom is -0.378 e. The fraction of sp³-hybridized carbons (Fsp3) is 1.00. The summed E-state index contributed by atoms with van der Waals surface area (Å²) in [6, 6.07) is 0. The Labute approximate surface area is 86.7 Å². The summed E-state index contributed by atoms with van der Waals surface area (Å²) < 4.78 is 45.5. The minimum absolute atomic E-state index is 0.0428. The minimum atomic E-state index is -4.14. The second-order valence-corrected chi connectivity index (χ2v) is 3.63. The van der Waals surface area contributed by atoms with Gasteiger partial charge in [-0.25, -0.2) is 0 Å². The third-order valence-electron chi connectivity index (χ3n) is 2.29. The highest BCUT2D eigenvalue weighted by Crippen LogP contribution is 2.21. The number of ether oxygens (including phenoxy) is 2. The Morgan fingerprint density at radius 2 is 1.93 bits per heavy atom. The summed E-state index contributed by atoms with van der Waals surface area (Å²) in [6.45, 7) is 0.391. The van der Waals surface area contributed by atoms with E-state index in [1.54, 1.807) is 0 Å². The molecule has 0 aliphatic carbocycles. The van der Waals surface area contributed by atoms with Crippen molar-refractivity contribution in [1.82, 2.24) is 0 Å². The summed E-state index contributed by atoms with van der Waals surface area (Å²) >= 11 is 0. The number of nitrogens with two attached hydrogens (primary N) is 1. The monoisotopic (exact) mass is 227 g/mol. The van der Waals surface area contributed by atoms with Gasteiger partial charge < -0.3 is 15.2 Å². The quantitative estimate of drug-likeness (QED) is 0.723. The van der Waals surface area contributed by atoms with Gasteiger partial charge in [0.1, 0.15) is 0 Å². The molecule has 1 saturated heterocycles. The van der Waals surface area contributed by atoms with Crippen LogP contribution in [0.5, 0.6) is 0 Å². The van der Waals surface area contributed by atoms with Crippen molar-refractivity contribution in [2.24, 2.45) is 5.73 Å². The highest BCUT2D eigenvalue weighted by Gasteiger charge is 2.28. The predicted octanol–water partition coefficient (Wildman–Crippen LogP) is 1.46. The van der Waals surface area contributed by atoms with Crippen molar-refractivity contribution in [3.05, 3.63) is 0 Å². The highest BCUT2D eigenvalue weighted by atomic mass is 19.4. The normalized spacial score (nSPS) is 27.2. The molecule has 0 saturated carbocycles. The molecule has 2 atom stereocenters. The van der Waals surface area contributed by atoms with Gasteiger partial charge in [-0.2, -0.15) is 13.2 Å². The Balaban J connectivity index is 2.02. The standard InChI is InChI=1S/C9H16F3NO2/c10-9(11,12)3-4-14-6-8-2-1-7(5-13)15-8/h7-8H,1-6,13H2. The van der Waals surface area contributed by atoms with Gasteiger partial charge in [0.25, 0.3) is 0 Å². The molecule has 0 spiro atoms. The molecule has 0 bridgehead atoms. The highest BCUT2D eigenvalue weighted by molar-refractivity contribution is 4.73. The van der Waals surface area contributed by atoms with Crippen LogP contribution < -0.4 is 5.73 Å². The second kappa shape index (κ2) is 5.67. The zero-order chi connectivity index (χ0) is 11.3. The van der Waals surface area contributed by atoms with Crippen LogP contribution in [-0.2, 0) is 9.47 Å². The van der Waals surface area contributed by atoms with Gasteiger partial charge in [0.05, 0.1) is 31.8 Å². The topological polar surface area (TPSA) is 44.5 Å². The van der Waals surface area contributed by atoms with Crippen LogP contribution in [0.25, 0.3) is 0 Å². The summed E-state index contributed by atoms with van der Waals surface area (Å²) in [4.78, 5) is 0. The average molecular weight is 227 g/mol. The first-order valence-corrected chi connectivity index (χ1v) is 5.01. The van der Waals surface area contributed by atoms with Gasteiger partial charge in [0, 0.05) is 6.54 Å². The summed E-state index contributed by atoms with van der Waals surface area (Å²) in [5, 5.41) is 0. The van der Waals surface area contributed by atoms with Gasteiger partial charge >= 0.3 is 6.18 Å². The molecule has 1 aliphatic heterocycles. The molecule has 2 unspecified atom stereocenters. The molecule has 90 valence electrons. The fourth-order valence-corrected chi connectivity index (χ4v) is 1.48. The van der Waals surface area contributed by atoms with Crippen molar-refractivity contribution in [3.63, 3.8) is 0 Å². The van der Waals surface area contributed by atoms with E-state index >= 15 is 0 Å². The number of hydrogen-bond acceptors (Lipinski definition) is 3. The van der Waals surface area contributed by atoms with Crippen LogP contribution in [-0.4, -0.2) is 38.1 Å². The van der Waals surface area contributed by atoms with E-state index < -0.39 is 12.6 Å². The summed E-state index contributed by atoms with van der Waals surface area (Å²) in [7, 11) is 0. The first kappa shape index (κ1) is 12.7. The molecule has 0 aromatic heterocycles. The van der Waals surface area contributed by atoms with Gasteiger partial charge in [-0.05, 0) is 12.8 Å². The van der Waals surface area contributed by atoms with Crippen molar-refractivity contribution in [3.8, 4) is 0 Å². The second-order valence-electron chi connectivity index (χ2n) is 3.63. The molecule has 2 N–H and O–H groups in total. The lowest BCUT2D eigenvalue weighted by Gasteiger charge is -2.13. The van der Waals surface area contributed by atoms with Crippen molar-refractivity contribution < 1.29 is 22.6 Å². The maximum absolute atomic E-state index is 11.7. The van der Waals surface area contributed by atoms with Crippen LogP contribution >= 0.6 is 0 Å². The third kappa shape index (κ3) is 5.34. The smallest absolute Gasteiger partial charge is 0.378 e. The Morgan fingerprint density at radius 1 is 1.27 bits per heavy atom. The molecule has 1 fully saturated rings. The average Bonchev–Trinajstić information content (AvgIpc) is 2.59. The van der Waals surface area contributed by atoms with E-state index in [0.29, 0.717) is 6.54 Å². The first-order chi connectivity index (χ1) is 7.01. The van der Waals surface area contributed by atoms with Crippen LogP contribution in [0.2, 0.25) is 0 Å². The van der Waals surface area contributed by atoms with E-state index in [-0.39, 0.29) is 25.4 Å². The van der Waals surface area contributed by atoms with Gasteiger partial charge in [-0.3, -0.25) is 0 Å². The molecule has 1 aliphatic rings. The molecule has 0 aromatic carbocycles. The lowest BCUT2D eigenvalue weighted by molar-refractivity contribution is -0.147. The Bertz CT molecular complexity index is 187. The molecular formula is C9H16F3NO2. The molecule has 1 rings (SSSR count). The molecule has 0 amide bonds. The molecule has 0 aromatic rings. The van der Waals surface area contributed by atoms with Gasteiger partial charge in [0.15, 0.2) is 0 Å². The lowest BCUT2D eigenvalue weighted by Crippen LogP contribution is -2.23. The zero-order valence-corrected chi connectivity index (χ0v) is 8.43. The van der Waals surface area contributed by atoms with Crippen LogP contribution in [0.1, 0.15) is 19.3 Å². The van der Waals surface area contributed by atoms with Crippen molar-refractivity contribution in [2.45, 2.75) is 37.6 Å². The SMILES string of the molecule is NCC1CCC(COCCC(F)(F)F)O1. The molecule has 15 heavy (non-hydrogen) atoms. The van der Waals surface area contributed by atoms with Crippen molar-refractivity contribution in [2.75, 3.05) is 19.8 Å². The van der Waals surface area contributed by atoms with Crippen LogP contribution in [0, 0.1) is 0 Å². The van der Waals surface area contributed by atoms with E-state index in [1.165, 1.54) is 0 Å². The molecule has 1 heterocycles. The fourth-order valence-electron chi connectivity index (χ4n) is 1.48. The van der Waals surface area contributed by atoms with E-state index in [9.17, 15) is 13.2 Å². The van der Waals surface area contributed by atoms with Crippen molar-refractivity contribution >= 4 is 0 Å². The number of alkyl halides is 3. The lowest BCUT2D eigenvalue weighted by atomic mass is 10.2. The molecule has 3 nitrogen and oxygen atoms in total. The number of hydrogen-bond donors (Lipinski definition) is 1. The first-order valence-electron chi connectivity index (χ1n) is 5.01. The van der Waals surface area contributed by atoms with Gasteiger partial charge in [-0.1, -0.05) is 0 Å². The van der Waals surface area contributed by atoms with Crippen LogP contribution in [0.4, 0.5) is 13.2 Å². The number of halogens is 3. The van der Waals surface area contributed by atoms with E-state index in [2.05, 4.69) is 0 Å². The van der Waals surface area contributed by atoms with Gasteiger partial charge in [0.2, 0.25) is 0 Å². The number of rotatable bonds is 5. The third-order valence-corrected chi connectivity index (χ3v) is 2.29. The summed E-state index contributed by atoms with van der Waals surface area (Å²) in [5.41, 5.74) is 5.39.